The smallest absolute Gasteiger partial charge is 0.326 e. The van der Waals surface area contributed by atoms with Gasteiger partial charge in [-0.05, 0) is 18.8 Å². The average Bonchev–Trinajstić information content (AvgIpc) is 3.11. The van der Waals surface area contributed by atoms with Gasteiger partial charge in [-0.1, -0.05) is 0 Å². The highest BCUT2D eigenvalue weighted by molar-refractivity contribution is 7.99. The molecule has 0 heterocycles. The highest BCUT2D eigenvalue weighted by Crippen LogP contribution is 2.40. The third kappa shape index (κ3) is 3.35. The number of thioether (sulfide) groups is 1. The zero-order valence-electron chi connectivity index (χ0n) is 9.39. The standard InChI is InChI=1S/C10H19NO4S/c1-15-9(14)10(11,7-2-3-7)6-16-5-8(13)4-12/h7-8,12-13H,2-6,11H2,1H3. The maximum atomic E-state index is 11.6. The zero-order chi connectivity index (χ0) is 12.2. The Labute approximate surface area is 99.3 Å². The number of aliphatic hydroxyl groups is 2. The molecule has 5 nitrogen and oxygen atoms in total. The summed E-state index contributed by atoms with van der Waals surface area (Å²) in [5.74, 6) is 0.598. The second kappa shape index (κ2) is 5.86. The van der Waals surface area contributed by atoms with Crippen LogP contribution in [0.15, 0.2) is 0 Å². The largest absolute Gasteiger partial charge is 0.468 e. The molecule has 2 unspecified atom stereocenters. The molecular weight excluding hydrogens is 230 g/mol. The first-order valence-corrected chi connectivity index (χ1v) is 6.44. The summed E-state index contributed by atoms with van der Waals surface area (Å²) in [5, 5.41) is 17.8. The van der Waals surface area contributed by atoms with Crippen LogP contribution < -0.4 is 5.73 Å². The summed E-state index contributed by atoms with van der Waals surface area (Å²) < 4.78 is 4.71. The fourth-order valence-electron chi connectivity index (χ4n) is 1.55. The molecule has 0 aromatic heterocycles. The van der Waals surface area contributed by atoms with Crippen molar-refractivity contribution in [3.05, 3.63) is 0 Å². The van der Waals surface area contributed by atoms with Crippen molar-refractivity contribution in [3.8, 4) is 0 Å². The Hall–Kier alpha value is -0.300. The maximum absolute atomic E-state index is 11.6. The number of aliphatic hydroxyl groups excluding tert-OH is 2. The van der Waals surface area contributed by atoms with Crippen molar-refractivity contribution in [3.63, 3.8) is 0 Å². The third-order valence-electron chi connectivity index (χ3n) is 2.73. The maximum Gasteiger partial charge on any atom is 0.326 e. The van der Waals surface area contributed by atoms with Crippen LogP contribution in [-0.4, -0.2) is 53.0 Å². The number of hydrogen-bond acceptors (Lipinski definition) is 6. The van der Waals surface area contributed by atoms with Gasteiger partial charge in [0, 0.05) is 11.5 Å². The van der Waals surface area contributed by atoms with Crippen molar-refractivity contribution in [2.45, 2.75) is 24.5 Å². The second-order valence-corrected chi connectivity index (χ2v) is 5.19. The molecule has 0 saturated heterocycles. The van der Waals surface area contributed by atoms with E-state index in [1.165, 1.54) is 18.9 Å². The molecule has 16 heavy (non-hydrogen) atoms. The number of carbonyl (C=O) groups excluding carboxylic acids is 1. The highest BCUT2D eigenvalue weighted by Gasteiger charge is 2.48. The number of rotatable bonds is 7. The lowest BCUT2D eigenvalue weighted by molar-refractivity contribution is -0.146. The molecule has 0 amide bonds. The van der Waals surface area contributed by atoms with E-state index in [9.17, 15) is 9.90 Å². The van der Waals surface area contributed by atoms with Crippen molar-refractivity contribution in [2.24, 2.45) is 11.7 Å². The van der Waals surface area contributed by atoms with Gasteiger partial charge in [-0.25, -0.2) is 0 Å². The van der Waals surface area contributed by atoms with Gasteiger partial charge < -0.3 is 20.7 Å². The number of nitrogens with two attached hydrogens (primary N) is 1. The first-order chi connectivity index (χ1) is 7.54. The topological polar surface area (TPSA) is 92.8 Å². The van der Waals surface area contributed by atoms with E-state index in [2.05, 4.69) is 0 Å². The molecule has 0 aromatic rings. The molecule has 0 bridgehead atoms. The molecule has 1 saturated carbocycles. The van der Waals surface area contributed by atoms with E-state index in [4.69, 9.17) is 15.6 Å². The van der Waals surface area contributed by atoms with E-state index in [1.54, 1.807) is 0 Å². The van der Waals surface area contributed by atoms with Gasteiger partial charge in [0.25, 0.3) is 0 Å². The molecule has 1 aliphatic carbocycles. The first-order valence-electron chi connectivity index (χ1n) is 5.28. The van der Waals surface area contributed by atoms with E-state index in [0.29, 0.717) is 11.5 Å². The third-order valence-corrected chi connectivity index (χ3v) is 4.04. The normalized spacial score (nSPS) is 21.2. The molecule has 0 aromatic carbocycles. The van der Waals surface area contributed by atoms with Crippen LogP contribution >= 0.6 is 11.8 Å². The molecule has 1 aliphatic rings. The number of ether oxygens (including phenoxy) is 1. The number of hydrogen-bond donors (Lipinski definition) is 3. The summed E-state index contributed by atoms with van der Waals surface area (Å²) in [4.78, 5) is 11.6. The lowest BCUT2D eigenvalue weighted by Gasteiger charge is -2.26. The van der Waals surface area contributed by atoms with Crippen LogP contribution in [0.1, 0.15) is 12.8 Å². The van der Waals surface area contributed by atoms with E-state index in [0.717, 1.165) is 12.8 Å². The molecule has 0 spiro atoms. The van der Waals surface area contributed by atoms with Gasteiger partial charge >= 0.3 is 5.97 Å². The number of esters is 1. The summed E-state index contributed by atoms with van der Waals surface area (Å²) in [6, 6.07) is 0. The van der Waals surface area contributed by atoms with Crippen molar-refractivity contribution in [1.82, 2.24) is 0 Å². The van der Waals surface area contributed by atoms with Gasteiger partial charge in [0.15, 0.2) is 0 Å². The average molecular weight is 249 g/mol. The zero-order valence-corrected chi connectivity index (χ0v) is 10.2. The van der Waals surface area contributed by atoms with Crippen molar-refractivity contribution < 1.29 is 19.7 Å². The molecule has 0 aliphatic heterocycles. The SMILES string of the molecule is COC(=O)C(N)(CSCC(O)CO)C1CC1. The Kier molecular flexibility index (Phi) is 5.04. The molecule has 4 N–H and O–H groups in total. The van der Waals surface area contributed by atoms with Crippen molar-refractivity contribution >= 4 is 17.7 Å². The molecule has 2 atom stereocenters. The Morgan fingerprint density at radius 1 is 1.69 bits per heavy atom. The summed E-state index contributed by atoms with van der Waals surface area (Å²) in [6.45, 7) is -0.272. The number of methoxy groups -OCH3 is 1. The van der Waals surface area contributed by atoms with Gasteiger partial charge in [-0.3, -0.25) is 4.79 Å². The van der Waals surface area contributed by atoms with Crippen LogP contribution in [0.3, 0.4) is 0 Å². The second-order valence-electron chi connectivity index (χ2n) is 4.16. The quantitative estimate of drug-likeness (QED) is 0.519. The predicted octanol–water partition coefficient (Wildman–Crippen LogP) is -0.647. The van der Waals surface area contributed by atoms with Gasteiger partial charge in [0.05, 0.1) is 19.8 Å². The Morgan fingerprint density at radius 2 is 2.31 bits per heavy atom. The lowest BCUT2D eigenvalue weighted by Crippen LogP contribution is -2.53. The molecule has 1 fully saturated rings. The fourth-order valence-corrected chi connectivity index (χ4v) is 2.74. The Bertz CT molecular complexity index is 247. The van der Waals surface area contributed by atoms with E-state index < -0.39 is 11.6 Å². The lowest BCUT2D eigenvalue weighted by atomic mass is 9.97. The van der Waals surface area contributed by atoms with Gasteiger partial charge in [0.2, 0.25) is 0 Å². The summed E-state index contributed by atoms with van der Waals surface area (Å²) in [7, 11) is 1.33. The fraction of sp³-hybridized carbons (Fsp3) is 0.900. The van der Waals surface area contributed by atoms with Crippen LogP contribution in [0, 0.1) is 5.92 Å². The minimum Gasteiger partial charge on any atom is -0.468 e. The monoisotopic (exact) mass is 249 g/mol. The first kappa shape index (κ1) is 13.8. The van der Waals surface area contributed by atoms with Gasteiger partial charge in [0.1, 0.15) is 5.54 Å². The van der Waals surface area contributed by atoms with Gasteiger partial charge in [-0.2, -0.15) is 11.8 Å². The van der Waals surface area contributed by atoms with E-state index in [-0.39, 0.29) is 18.5 Å². The van der Waals surface area contributed by atoms with E-state index in [1.807, 2.05) is 0 Å². The predicted molar refractivity (Wildman–Crippen MR) is 62.1 cm³/mol. The minimum atomic E-state index is -0.936. The van der Waals surface area contributed by atoms with Crippen molar-refractivity contribution in [1.29, 1.82) is 0 Å². The molecule has 0 radical (unpaired) electrons. The minimum absolute atomic E-state index is 0.193. The molecule has 94 valence electrons. The Morgan fingerprint density at radius 3 is 2.75 bits per heavy atom. The molecule has 1 rings (SSSR count). The molecular formula is C10H19NO4S. The summed E-state index contributed by atoms with van der Waals surface area (Å²) >= 11 is 1.37. The van der Waals surface area contributed by atoms with E-state index >= 15 is 0 Å². The highest BCUT2D eigenvalue weighted by atomic mass is 32.2. The van der Waals surface area contributed by atoms with Crippen LogP contribution in [0.25, 0.3) is 0 Å². The summed E-state index contributed by atoms with van der Waals surface area (Å²) in [5.41, 5.74) is 5.11. The van der Waals surface area contributed by atoms with Crippen LogP contribution in [-0.2, 0) is 9.53 Å². The van der Waals surface area contributed by atoms with Crippen LogP contribution in [0.5, 0.6) is 0 Å². The van der Waals surface area contributed by atoms with Crippen LogP contribution in [0.4, 0.5) is 0 Å². The van der Waals surface area contributed by atoms with Crippen molar-refractivity contribution in [2.75, 3.05) is 25.2 Å². The number of carbonyl (C=O) groups is 1. The molecule has 6 heteroatoms. The van der Waals surface area contributed by atoms with Gasteiger partial charge in [-0.15, -0.1) is 0 Å². The summed E-state index contributed by atoms with van der Waals surface area (Å²) in [6.07, 6.45) is 1.15. The Balaban J connectivity index is 2.42. The van der Waals surface area contributed by atoms with Crippen LogP contribution in [0.2, 0.25) is 0 Å².